The number of carbonyl (C=O) groups excluding carboxylic acids is 1. The molecule has 0 spiro atoms. The van der Waals surface area contributed by atoms with E-state index < -0.39 is 5.82 Å². The van der Waals surface area contributed by atoms with Crippen LogP contribution in [0.25, 0.3) is 0 Å². The molecule has 0 unspecified atom stereocenters. The fourth-order valence-electron chi connectivity index (χ4n) is 1.81. The standard InChI is InChI=1S/C15H13BrFNO/c1-9-3-6-14(10(2)7-9)18-15(19)12-8-11(17)4-5-13(12)16/h3-8H,1-2H3,(H,18,19). The van der Waals surface area contributed by atoms with Crippen LogP contribution in [0.3, 0.4) is 0 Å². The van der Waals surface area contributed by atoms with Crippen LogP contribution in [0.2, 0.25) is 0 Å². The van der Waals surface area contributed by atoms with Gasteiger partial charge in [0.05, 0.1) is 5.56 Å². The van der Waals surface area contributed by atoms with E-state index in [4.69, 9.17) is 0 Å². The van der Waals surface area contributed by atoms with Crippen LogP contribution in [-0.2, 0) is 0 Å². The Labute approximate surface area is 119 Å². The topological polar surface area (TPSA) is 29.1 Å². The zero-order chi connectivity index (χ0) is 14.0. The first-order valence-electron chi connectivity index (χ1n) is 5.81. The number of hydrogen-bond donors (Lipinski definition) is 1. The summed E-state index contributed by atoms with van der Waals surface area (Å²) in [6, 6.07) is 9.78. The Balaban J connectivity index is 2.28. The summed E-state index contributed by atoms with van der Waals surface area (Å²) in [5.74, 6) is -0.771. The van der Waals surface area contributed by atoms with Crippen LogP contribution in [0.1, 0.15) is 21.5 Å². The summed E-state index contributed by atoms with van der Waals surface area (Å²) >= 11 is 3.25. The minimum absolute atomic E-state index is 0.278. The zero-order valence-electron chi connectivity index (χ0n) is 10.6. The highest BCUT2D eigenvalue weighted by Gasteiger charge is 2.12. The largest absolute Gasteiger partial charge is 0.322 e. The second-order valence-corrected chi connectivity index (χ2v) is 5.25. The van der Waals surface area contributed by atoms with Gasteiger partial charge in [0.25, 0.3) is 5.91 Å². The average molecular weight is 322 g/mol. The molecule has 0 aliphatic carbocycles. The molecule has 0 aromatic heterocycles. The van der Waals surface area contributed by atoms with Crippen LogP contribution in [0, 0.1) is 19.7 Å². The highest BCUT2D eigenvalue weighted by atomic mass is 79.9. The molecule has 4 heteroatoms. The Morgan fingerprint density at radius 2 is 1.89 bits per heavy atom. The molecule has 2 rings (SSSR count). The molecule has 98 valence electrons. The van der Waals surface area contributed by atoms with Crippen molar-refractivity contribution >= 4 is 27.5 Å². The molecule has 0 bridgehead atoms. The van der Waals surface area contributed by atoms with Gasteiger partial charge < -0.3 is 5.32 Å². The lowest BCUT2D eigenvalue weighted by molar-refractivity contribution is 0.102. The number of benzene rings is 2. The summed E-state index contributed by atoms with van der Waals surface area (Å²) in [6.45, 7) is 3.91. The Bertz CT molecular complexity index is 640. The van der Waals surface area contributed by atoms with Gasteiger partial charge in [-0.05, 0) is 59.6 Å². The Morgan fingerprint density at radius 1 is 1.16 bits per heavy atom. The van der Waals surface area contributed by atoms with Crippen LogP contribution < -0.4 is 5.32 Å². The molecule has 2 aromatic carbocycles. The number of amides is 1. The second-order valence-electron chi connectivity index (χ2n) is 4.40. The van der Waals surface area contributed by atoms with E-state index in [0.29, 0.717) is 4.47 Å². The van der Waals surface area contributed by atoms with Crippen molar-refractivity contribution in [2.24, 2.45) is 0 Å². The molecular weight excluding hydrogens is 309 g/mol. The van der Waals surface area contributed by atoms with Crippen molar-refractivity contribution in [3.63, 3.8) is 0 Å². The smallest absolute Gasteiger partial charge is 0.256 e. The molecule has 0 fully saturated rings. The molecular formula is C15H13BrFNO. The van der Waals surface area contributed by atoms with Gasteiger partial charge in [-0.25, -0.2) is 4.39 Å². The first-order chi connectivity index (χ1) is 8.97. The van der Waals surface area contributed by atoms with Crippen molar-refractivity contribution in [3.8, 4) is 0 Å². The van der Waals surface area contributed by atoms with Crippen LogP contribution in [-0.4, -0.2) is 5.91 Å². The summed E-state index contributed by atoms with van der Waals surface area (Å²) in [7, 11) is 0. The number of halogens is 2. The summed E-state index contributed by atoms with van der Waals surface area (Å²) in [5, 5.41) is 2.79. The van der Waals surface area contributed by atoms with Crippen molar-refractivity contribution in [2.45, 2.75) is 13.8 Å². The fraction of sp³-hybridized carbons (Fsp3) is 0.133. The molecule has 0 saturated heterocycles. The van der Waals surface area contributed by atoms with Crippen molar-refractivity contribution in [1.82, 2.24) is 0 Å². The van der Waals surface area contributed by atoms with E-state index in [9.17, 15) is 9.18 Å². The first-order valence-corrected chi connectivity index (χ1v) is 6.60. The van der Waals surface area contributed by atoms with E-state index >= 15 is 0 Å². The molecule has 0 radical (unpaired) electrons. The average Bonchev–Trinajstić information content (AvgIpc) is 2.35. The molecule has 0 aliphatic heterocycles. The molecule has 2 nitrogen and oxygen atoms in total. The second kappa shape index (κ2) is 5.53. The van der Waals surface area contributed by atoms with Crippen molar-refractivity contribution in [3.05, 3.63) is 63.4 Å². The summed E-state index contributed by atoms with van der Waals surface area (Å²) < 4.78 is 13.7. The van der Waals surface area contributed by atoms with E-state index in [1.165, 1.54) is 18.2 Å². The molecule has 19 heavy (non-hydrogen) atoms. The van der Waals surface area contributed by atoms with Gasteiger partial charge in [0.15, 0.2) is 0 Å². The third kappa shape index (κ3) is 3.20. The van der Waals surface area contributed by atoms with Crippen LogP contribution in [0.5, 0.6) is 0 Å². The Morgan fingerprint density at radius 3 is 2.58 bits per heavy atom. The Kier molecular flexibility index (Phi) is 4.00. The monoisotopic (exact) mass is 321 g/mol. The zero-order valence-corrected chi connectivity index (χ0v) is 12.2. The van der Waals surface area contributed by atoms with Gasteiger partial charge in [-0.15, -0.1) is 0 Å². The first kappa shape index (κ1) is 13.7. The van der Waals surface area contributed by atoms with Crippen LogP contribution >= 0.6 is 15.9 Å². The van der Waals surface area contributed by atoms with E-state index in [2.05, 4.69) is 21.2 Å². The lowest BCUT2D eigenvalue weighted by Gasteiger charge is -2.10. The van der Waals surface area contributed by atoms with E-state index in [1.54, 1.807) is 0 Å². The molecule has 0 aliphatic rings. The lowest BCUT2D eigenvalue weighted by atomic mass is 10.1. The summed E-state index contributed by atoms with van der Waals surface area (Å²) in [4.78, 5) is 12.1. The molecule has 0 saturated carbocycles. The number of nitrogens with one attached hydrogen (secondary N) is 1. The predicted octanol–water partition coefficient (Wildman–Crippen LogP) is 4.46. The summed E-state index contributed by atoms with van der Waals surface area (Å²) in [6.07, 6.45) is 0. The van der Waals surface area contributed by atoms with E-state index in [0.717, 1.165) is 16.8 Å². The quantitative estimate of drug-likeness (QED) is 0.869. The predicted molar refractivity (Wildman–Crippen MR) is 78.0 cm³/mol. The van der Waals surface area contributed by atoms with Gasteiger partial charge in [-0.2, -0.15) is 0 Å². The number of aryl methyl sites for hydroxylation is 2. The molecule has 1 amide bonds. The minimum atomic E-state index is -0.436. The van der Waals surface area contributed by atoms with Gasteiger partial charge >= 0.3 is 0 Å². The number of carbonyl (C=O) groups is 1. The fourth-order valence-corrected chi connectivity index (χ4v) is 2.24. The maximum Gasteiger partial charge on any atom is 0.256 e. The minimum Gasteiger partial charge on any atom is -0.322 e. The maximum atomic E-state index is 13.2. The van der Waals surface area contributed by atoms with E-state index in [-0.39, 0.29) is 11.5 Å². The molecule has 0 heterocycles. The SMILES string of the molecule is Cc1ccc(NC(=O)c2cc(F)ccc2Br)c(C)c1. The highest BCUT2D eigenvalue weighted by Crippen LogP contribution is 2.21. The number of anilines is 1. The van der Waals surface area contributed by atoms with Crippen molar-refractivity contribution in [2.75, 3.05) is 5.32 Å². The van der Waals surface area contributed by atoms with Gasteiger partial charge in [-0.3, -0.25) is 4.79 Å². The number of hydrogen-bond acceptors (Lipinski definition) is 1. The van der Waals surface area contributed by atoms with Crippen LogP contribution in [0.4, 0.5) is 10.1 Å². The van der Waals surface area contributed by atoms with Gasteiger partial charge in [0, 0.05) is 10.2 Å². The third-order valence-corrected chi connectivity index (χ3v) is 3.49. The summed E-state index contributed by atoms with van der Waals surface area (Å²) in [5.41, 5.74) is 3.11. The molecule has 1 N–H and O–H groups in total. The maximum absolute atomic E-state index is 13.2. The van der Waals surface area contributed by atoms with Gasteiger partial charge in [-0.1, -0.05) is 17.7 Å². The third-order valence-electron chi connectivity index (χ3n) is 2.80. The van der Waals surface area contributed by atoms with E-state index in [1.807, 2.05) is 32.0 Å². The van der Waals surface area contributed by atoms with Crippen molar-refractivity contribution < 1.29 is 9.18 Å². The molecule has 0 atom stereocenters. The number of rotatable bonds is 2. The van der Waals surface area contributed by atoms with Crippen molar-refractivity contribution in [1.29, 1.82) is 0 Å². The lowest BCUT2D eigenvalue weighted by Crippen LogP contribution is -2.13. The normalized spacial score (nSPS) is 10.3. The molecule has 2 aromatic rings. The van der Waals surface area contributed by atoms with Gasteiger partial charge in [0.2, 0.25) is 0 Å². The van der Waals surface area contributed by atoms with Crippen LogP contribution in [0.15, 0.2) is 40.9 Å². The Hall–Kier alpha value is -1.68. The highest BCUT2D eigenvalue weighted by molar-refractivity contribution is 9.10. The van der Waals surface area contributed by atoms with Gasteiger partial charge in [0.1, 0.15) is 5.82 Å².